The molecule has 0 unspecified atom stereocenters. The van der Waals surface area contributed by atoms with Gasteiger partial charge in [-0.25, -0.2) is 9.59 Å². The zero-order valence-electron chi connectivity index (χ0n) is 10.3. The normalized spacial score (nSPS) is 10.8. The summed E-state index contributed by atoms with van der Waals surface area (Å²) in [4.78, 5) is 22.4. The zero-order chi connectivity index (χ0) is 13.8. The molecule has 0 heterocycles. The average molecular weight is 256 g/mol. The van der Waals surface area contributed by atoms with Crippen molar-refractivity contribution in [1.82, 2.24) is 0 Å². The van der Waals surface area contributed by atoms with Crippen LogP contribution in [0, 0.1) is 0 Å². The van der Waals surface area contributed by atoms with E-state index in [2.05, 4.69) is 4.74 Å². The van der Waals surface area contributed by atoms with Gasteiger partial charge in [0.05, 0.1) is 12.7 Å². The predicted molar refractivity (Wildman–Crippen MR) is 72.0 cm³/mol. The number of carboxylic acid groups (broad SMARTS) is 1. The van der Waals surface area contributed by atoms with Crippen molar-refractivity contribution in [2.24, 2.45) is 0 Å². The molecule has 19 heavy (non-hydrogen) atoms. The van der Waals surface area contributed by atoms with Gasteiger partial charge >= 0.3 is 11.9 Å². The molecule has 0 radical (unpaired) electrons. The van der Waals surface area contributed by atoms with Crippen molar-refractivity contribution >= 4 is 28.8 Å². The van der Waals surface area contributed by atoms with Gasteiger partial charge in [-0.15, -0.1) is 0 Å². The number of methoxy groups -OCH3 is 1. The first-order valence-electron chi connectivity index (χ1n) is 5.64. The minimum Gasteiger partial charge on any atom is -0.478 e. The molecular weight excluding hydrogens is 244 g/mol. The van der Waals surface area contributed by atoms with Crippen LogP contribution in [0.5, 0.6) is 0 Å². The van der Waals surface area contributed by atoms with Crippen LogP contribution < -0.4 is 0 Å². The summed E-state index contributed by atoms with van der Waals surface area (Å²) in [6.45, 7) is 0. The number of hydrogen-bond donors (Lipinski definition) is 1. The van der Waals surface area contributed by atoms with E-state index in [1.807, 2.05) is 24.3 Å². The van der Waals surface area contributed by atoms with E-state index in [9.17, 15) is 14.7 Å². The second-order valence-corrected chi connectivity index (χ2v) is 3.91. The van der Waals surface area contributed by atoms with Gasteiger partial charge in [-0.1, -0.05) is 30.3 Å². The average Bonchev–Trinajstić information content (AvgIpc) is 2.43. The third kappa shape index (κ3) is 2.63. The van der Waals surface area contributed by atoms with Crippen molar-refractivity contribution in [2.75, 3.05) is 7.11 Å². The Labute approximate surface area is 109 Å². The molecule has 0 saturated heterocycles. The van der Waals surface area contributed by atoms with E-state index in [4.69, 9.17) is 0 Å². The summed E-state index contributed by atoms with van der Waals surface area (Å²) in [5.41, 5.74) is 0.648. The van der Waals surface area contributed by atoms with Gasteiger partial charge in [-0.05, 0) is 28.5 Å². The Morgan fingerprint density at radius 3 is 2.58 bits per heavy atom. The van der Waals surface area contributed by atoms with Crippen LogP contribution in [0.25, 0.3) is 16.8 Å². The van der Waals surface area contributed by atoms with Crippen LogP contribution in [-0.2, 0) is 9.53 Å². The fraction of sp³-hybridized carbons (Fsp3) is 0.0667. The molecule has 0 aliphatic heterocycles. The summed E-state index contributed by atoms with van der Waals surface area (Å²) in [6, 6.07) is 10.7. The van der Waals surface area contributed by atoms with Gasteiger partial charge in [-0.3, -0.25) is 0 Å². The Hall–Kier alpha value is -2.62. The van der Waals surface area contributed by atoms with Crippen molar-refractivity contribution in [3.63, 3.8) is 0 Å². The Morgan fingerprint density at radius 1 is 1.16 bits per heavy atom. The summed E-state index contributed by atoms with van der Waals surface area (Å²) in [5.74, 6) is -1.56. The Kier molecular flexibility index (Phi) is 3.61. The number of rotatable bonds is 3. The molecule has 4 heteroatoms. The smallest absolute Gasteiger partial charge is 0.336 e. The molecule has 0 atom stereocenters. The van der Waals surface area contributed by atoms with E-state index in [1.54, 1.807) is 6.07 Å². The highest BCUT2D eigenvalue weighted by Crippen LogP contribution is 2.24. The molecule has 0 aliphatic carbocycles. The summed E-state index contributed by atoms with van der Waals surface area (Å²) in [7, 11) is 1.27. The summed E-state index contributed by atoms with van der Waals surface area (Å²) >= 11 is 0. The molecule has 0 saturated carbocycles. The van der Waals surface area contributed by atoms with Crippen molar-refractivity contribution < 1.29 is 19.4 Å². The number of aromatic carboxylic acids is 1. The topological polar surface area (TPSA) is 63.6 Å². The molecule has 0 bridgehead atoms. The molecule has 0 aromatic heterocycles. The van der Waals surface area contributed by atoms with Gasteiger partial charge in [-0.2, -0.15) is 0 Å². The highest BCUT2D eigenvalue weighted by molar-refractivity contribution is 6.03. The Balaban J connectivity index is 2.65. The molecule has 1 N–H and O–H groups in total. The maximum absolute atomic E-state index is 11.2. The van der Waals surface area contributed by atoms with Gasteiger partial charge in [0, 0.05) is 6.08 Å². The predicted octanol–water partition coefficient (Wildman–Crippen LogP) is 2.72. The molecule has 0 fully saturated rings. The SMILES string of the molecule is COC(=O)C=Cc1c(C(=O)O)ccc2ccccc12. The van der Waals surface area contributed by atoms with Crippen molar-refractivity contribution in [3.8, 4) is 0 Å². The number of benzene rings is 2. The molecular formula is C15H12O4. The van der Waals surface area contributed by atoms with Gasteiger partial charge in [0.25, 0.3) is 0 Å². The number of esters is 1. The van der Waals surface area contributed by atoms with Crippen LogP contribution in [0.15, 0.2) is 42.5 Å². The molecule has 0 amide bonds. The number of carboxylic acids is 1. The van der Waals surface area contributed by atoms with Crippen LogP contribution in [0.4, 0.5) is 0 Å². The van der Waals surface area contributed by atoms with E-state index in [0.717, 1.165) is 10.8 Å². The lowest BCUT2D eigenvalue weighted by Gasteiger charge is -2.06. The van der Waals surface area contributed by atoms with Gasteiger partial charge in [0.1, 0.15) is 0 Å². The third-order valence-corrected chi connectivity index (χ3v) is 2.79. The molecule has 2 aromatic carbocycles. The first-order valence-corrected chi connectivity index (χ1v) is 5.64. The number of ether oxygens (including phenoxy) is 1. The first-order chi connectivity index (χ1) is 9.13. The first kappa shape index (κ1) is 12.8. The van der Waals surface area contributed by atoms with Gasteiger partial charge in [0.15, 0.2) is 0 Å². The van der Waals surface area contributed by atoms with Crippen LogP contribution >= 0.6 is 0 Å². The third-order valence-electron chi connectivity index (χ3n) is 2.79. The van der Waals surface area contributed by atoms with Crippen LogP contribution in [-0.4, -0.2) is 24.2 Å². The van der Waals surface area contributed by atoms with E-state index in [1.165, 1.54) is 25.3 Å². The molecule has 0 spiro atoms. The van der Waals surface area contributed by atoms with E-state index >= 15 is 0 Å². The number of carbonyl (C=O) groups is 2. The van der Waals surface area contributed by atoms with Crippen molar-refractivity contribution in [3.05, 3.63) is 53.6 Å². The number of hydrogen-bond acceptors (Lipinski definition) is 3. The monoisotopic (exact) mass is 256 g/mol. The Bertz CT molecular complexity index is 671. The molecule has 2 aromatic rings. The van der Waals surface area contributed by atoms with E-state index in [-0.39, 0.29) is 5.56 Å². The van der Waals surface area contributed by atoms with Crippen LogP contribution in [0.2, 0.25) is 0 Å². The highest BCUT2D eigenvalue weighted by atomic mass is 16.5. The van der Waals surface area contributed by atoms with Crippen molar-refractivity contribution in [2.45, 2.75) is 0 Å². The van der Waals surface area contributed by atoms with Gasteiger partial charge in [0.2, 0.25) is 0 Å². The van der Waals surface area contributed by atoms with Crippen molar-refractivity contribution in [1.29, 1.82) is 0 Å². The summed E-state index contributed by atoms with van der Waals surface area (Å²) in [5, 5.41) is 10.9. The molecule has 2 rings (SSSR count). The zero-order valence-corrected chi connectivity index (χ0v) is 10.3. The number of fused-ring (bicyclic) bond motifs is 1. The van der Waals surface area contributed by atoms with Gasteiger partial charge < -0.3 is 9.84 Å². The second-order valence-electron chi connectivity index (χ2n) is 3.91. The van der Waals surface area contributed by atoms with Crippen LogP contribution in [0.3, 0.4) is 0 Å². The lowest BCUT2D eigenvalue weighted by molar-refractivity contribution is -0.134. The second kappa shape index (κ2) is 5.35. The minimum absolute atomic E-state index is 0.152. The lowest BCUT2D eigenvalue weighted by Crippen LogP contribution is -2.01. The summed E-state index contributed by atoms with van der Waals surface area (Å²) in [6.07, 6.45) is 2.69. The number of carbonyl (C=O) groups excluding carboxylic acids is 1. The van der Waals surface area contributed by atoms with Crippen LogP contribution in [0.1, 0.15) is 15.9 Å². The molecule has 0 aliphatic rings. The minimum atomic E-state index is -1.03. The highest BCUT2D eigenvalue weighted by Gasteiger charge is 2.11. The fourth-order valence-corrected chi connectivity index (χ4v) is 1.88. The molecule has 96 valence electrons. The Morgan fingerprint density at radius 2 is 1.89 bits per heavy atom. The quantitative estimate of drug-likeness (QED) is 0.677. The summed E-state index contributed by atoms with van der Waals surface area (Å²) < 4.78 is 4.51. The molecule has 4 nitrogen and oxygen atoms in total. The van der Waals surface area contributed by atoms with E-state index < -0.39 is 11.9 Å². The standard InChI is InChI=1S/C15H12O4/c1-19-14(16)9-8-12-11-5-3-2-4-10(11)6-7-13(12)15(17)18/h2-9H,1H3,(H,17,18). The lowest BCUT2D eigenvalue weighted by atomic mass is 9.98. The van der Waals surface area contributed by atoms with E-state index in [0.29, 0.717) is 5.56 Å². The maximum Gasteiger partial charge on any atom is 0.336 e. The largest absolute Gasteiger partial charge is 0.478 e. The maximum atomic E-state index is 11.2. The fourth-order valence-electron chi connectivity index (χ4n) is 1.88.